The summed E-state index contributed by atoms with van der Waals surface area (Å²) in [5, 5.41) is 3.55. The molecule has 0 spiro atoms. The number of primary amides is 1. The summed E-state index contributed by atoms with van der Waals surface area (Å²) in [5.74, 6) is 0.394. The monoisotopic (exact) mass is 336 g/mol. The van der Waals surface area contributed by atoms with Gasteiger partial charge in [0.15, 0.2) is 0 Å². The van der Waals surface area contributed by atoms with E-state index in [1.54, 1.807) is 0 Å². The van der Waals surface area contributed by atoms with Crippen molar-refractivity contribution >= 4 is 28.2 Å². The maximum atomic E-state index is 12.1. The van der Waals surface area contributed by atoms with E-state index in [0.717, 1.165) is 24.8 Å². The average Bonchev–Trinajstić information content (AvgIpc) is 2.72. The Bertz CT molecular complexity index is 611. The van der Waals surface area contributed by atoms with Gasteiger partial charge in [0.1, 0.15) is 5.00 Å². The van der Waals surface area contributed by atoms with Crippen molar-refractivity contribution in [2.75, 3.05) is 5.32 Å². The number of amides is 2. The number of fused-ring (bicyclic) bond motifs is 1. The van der Waals surface area contributed by atoms with Crippen molar-refractivity contribution in [1.29, 1.82) is 0 Å². The van der Waals surface area contributed by atoms with Gasteiger partial charge in [-0.1, -0.05) is 34.6 Å². The molecule has 1 aliphatic rings. The number of carbonyl (C=O) groups is 2. The fraction of sp³-hybridized carbons (Fsp3) is 0.667. The van der Waals surface area contributed by atoms with Crippen LogP contribution < -0.4 is 11.1 Å². The van der Waals surface area contributed by atoms with E-state index in [0.29, 0.717) is 22.9 Å². The minimum atomic E-state index is -0.434. The van der Waals surface area contributed by atoms with Gasteiger partial charge in [-0.3, -0.25) is 9.59 Å². The van der Waals surface area contributed by atoms with Crippen LogP contribution in [0.2, 0.25) is 0 Å². The minimum Gasteiger partial charge on any atom is -0.365 e. The molecule has 3 N–H and O–H groups in total. The zero-order valence-electron chi connectivity index (χ0n) is 14.8. The van der Waals surface area contributed by atoms with Crippen molar-refractivity contribution < 1.29 is 9.59 Å². The van der Waals surface area contributed by atoms with Gasteiger partial charge < -0.3 is 11.1 Å². The first-order valence-electron chi connectivity index (χ1n) is 8.33. The van der Waals surface area contributed by atoms with Crippen molar-refractivity contribution in [2.24, 2.45) is 23.0 Å². The van der Waals surface area contributed by atoms with Crippen LogP contribution in [0.4, 0.5) is 5.00 Å². The van der Waals surface area contributed by atoms with E-state index in [-0.39, 0.29) is 17.2 Å². The van der Waals surface area contributed by atoms with Crippen LogP contribution in [0, 0.1) is 17.3 Å². The molecule has 0 fully saturated rings. The number of hydrogen-bond donors (Lipinski definition) is 2. The Morgan fingerprint density at radius 2 is 2.00 bits per heavy atom. The number of carbonyl (C=O) groups excluding carboxylic acids is 2. The molecule has 4 nitrogen and oxygen atoms in total. The number of nitrogens with two attached hydrogens (primary N) is 1. The lowest BCUT2D eigenvalue weighted by atomic mass is 9.72. The Balaban J connectivity index is 2.30. The van der Waals surface area contributed by atoms with E-state index in [9.17, 15) is 9.59 Å². The highest BCUT2D eigenvalue weighted by molar-refractivity contribution is 7.17. The Labute approximate surface area is 142 Å². The largest absolute Gasteiger partial charge is 0.365 e. The zero-order chi connectivity index (χ0) is 17.4. The van der Waals surface area contributed by atoms with Crippen LogP contribution in [0.5, 0.6) is 0 Å². The summed E-state index contributed by atoms with van der Waals surface area (Å²) in [5.41, 5.74) is 7.44. The predicted octanol–water partition coefficient (Wildman–Crippen LogP) is 3.98. The molecule has 0 saturated carbocycles. The van der Waals surface area contributed by atoms with E-state index in [4.69, 9.17) is 5.73 Å². The third-order valence-electron chi connectivity index (χ3n) is 4.58. The maximum Gasteiger partial charge on any atom is 0.251 e. The fourth-order valence-corrected chi connectivity index (χ4v) is 4.57. The molecule has 128 valence electrons. The first kappa shape index (κ1) is 18.0. The molecule has 2 rings (SSSR count). The van der Waals surface area contributed by atoms with Crippen LogP contribution in [0.3, 0.4) is 0 Å². The summed E-state index contributed by atoms with van der Waals surface area (Å²) in [6.07, 6.45) is 3.34. The van der Waals surface area contributed by atoms with Crippen LogP contribution in [-0.2, 0) is 17.6 Å². The maximum absolute atomic E-state index is 12.1. The molecule has 5 heteroatoms. The molecule has 2 amide bonds. The summed E-state index contributed by atoms with van der Waals surface area (Å²) in [6.45, 7) is 10.8. The van der Waals surface area contributed by atoms with E-state index in [2.05, 4.69) is 26.1 Å². The third-order valence-corrected chi connectivity index (χ3v) is 5.75. The molecule has 23 heavy (non-hydrogen) atoms. The first-order chi connectivity index (χ1) is 10.6. The molecule has 0 unspecified atom stereocenters. The van der Waals surface area contributed by atoms with Gasteiger partial charge in [-0.15, -0.1) is 11.3 Å². The lowest BCUT2D eigenvalue weighted by molar-refractivity contribution is -0.116. The van der Waals surface area contributed by atoms with Crippen LogP contribution in [0.25, 0.3) is 0 Å². The highest BCUT2D eigenvalue weighted by atomic mass is 32.1. The molecule has 1 aromatic heterocycles. The number of thiophene rings is 1. The lowest BCUT2D eigenvalue weighted by Crippen LogP contribution is -2.27. The molecule has 0 radical (unpaired) electrons. The molecule has 1 atom stereocenters. The van der Waals surface area contributed by atoms with Gasteiger partial charge in [0.25, 0.3) is 5.91 Å². The first-order valence-corrected chi connectivity index (χ1v) is 9.15. The number of hydrogen-bond acceptors (Lipinski definition) is 3. The Morgan fingerprint density at radius 1 is 1.35 bits per heavy atom. The van der Waals surface area contributed by atoms with Crippen LogP contribution in [-0.4, -0.2) is 11.8 Å². The Hall–Kier alpha value is -1.36. The van der Waals surface area contributed by atoms with Gasteiger partial charge in [0.05, 0.1) is 5.56 Å². The quantitative estimate of drug-likeness (QED) is 0.873. The van der Waals surface area contributed by atoms with Gasteiger partial charge >= 0.3 is 0 Å². The Kier molecular flexibility index (Phi) is 5.19. The molecular formula is C18H28N2O2S. The average molecular weight is 337 g/mol. The second kappa shape index (κ2) is 6.63. The van der Waals surface area contributed by atoms with Crippen molar-refractivity contribution in [3.05, 3.63) is 16.0 Å². The van der Waals surface area contributed by atoms with Gasteiger partial charge in [-0.05, 0) is 42.1 Å². The normalized spacial score (nSPS) is 17.9. The molecule has 1 heterocycles. The predicted molar refractivity (Wildman–Crippen MR) is 95.9 cm³/mol. The summed E-state index contributed by atoms with van der Waals surface area (Å²) in [7, 11) is 0. The SMILES string of the molecule is CC(C)CC(=O)Nc1sc2c(c1C(N)=O)CC[C@H](C(C)(C)C)C2. The number of anilines is 1. The van der Waals surface area contributed by atoms with E-state index in [1.807, 2.05) is 13.8 Å². The second-order valence-electron chi connectivity index (χ2n) is 8.02. The highest BCUT2D eigenvalue weighted by Gasteiger charge is 2.33. The van der Waals surface area contributed by atoms with Crippen molar-refractivity contribution in [1.82, 2.24) is 0 Å². The van der Waals surface area contributed by atoms with Crippen LogP contribution in [0.15, 0.2) is 0 Å². The molecule has 0 bridgehead atoms. The van der Waals surface area contributed by atoms with Crippen LogP contribution in [0.1, 0.15) is 68.3 Å². The highest BCUT2D eigenvalue weighted by Crippen LogP contribution is 2.44. The second-order valence-corrected chi connectivity index (χ2v) is 9.13. The number of rotatable bonds is 4. The van der Waals surface area contributed by atoms with E-state index >= 15 is 0 Å². The summed E-state index contributed by atoms with van der Waals surface area (Å²) in [6, 6.07) is 0. The van der Waals surface area contributed by atoms with Crippen molar-refractivity contribution in [3.63, 3.8) is 0 Å². The van der Waals surface area contributed by atoms with Gasteiger partial charge in [-0.25, -0.2) is 0 Å². The fourth-order valence-electron chi connectivity index (χ4n) is 3.22. The molecule has 0 aromatic carbocycles. The summed E-state index contributed by atoms with van der Waals surface area (Å²) in [4.78, 5) is 25.2. The molecule has 1 aromatic rings. The van der Waals surface area contributed by atoms with E-state index < -0.39 is 5.91 Å². The zero-order valence-corrected chi connectivity index (χ0v) is 15.6. The van der Waals surface area contributed by atoms with E-state index in [1.165, 1.54) is 16.2 Å². The standard InChI is InChI=1S/C18H28N2O2S/c1-10(2)8-14(21)20-17-15(16(19)22)12-7-6-11(18(3,4)5)9-13(12)23-17/h10-11H,6-9H2,1-5H3,(H2,19,22)(H,20,21)/t11-/m0/s1. The summed E-state index contributed by atoms with van der Waals surface area (Å²) < 4.78 is 0. The molecule has 1 aliphatic carbocycles. The van der Waals surface area contributed by atoms with Gasteiger partial charge in [-0.2, -0.15) is 0 Å². The van der Waals surface area contributed by atoms with Gasteiger partial charge in [0, 0.05) is 11.3 Å². The van der Waals surface area contributed by atoms with Crippen molar-refractivity contribution in [2.45, 2.75) is 60.3 Å². The van der Waals surface area contributed by atoms with Gasteiger partial charge in [0.2, 0.25) is 5.91 Å². The topological polar surface area (TPSA) is 72.2 Å². The Morgan fingerprint density at radius 3 is 2.52 bits per heavy atom. The number of nitrogens with one attached hydrogen (secondary N) is 1. The smallest absolute Gasteiger partial charge is 0.251 e. The van der Waals surface area contributed by atoms with Crippen molar-refractivity contribution in [3.8, 4) is 0 Å². The summed E-state index contributed by atoms with van der Waals surface area (Å²) >= 11 is 1.53. The molecular weight excluding hydrogens is 308 g/mol. The third kappa shape index (κ3) is 4.14. The minimum absolute atomic E-state index is 0.0477. The van der Waals surface area contributed by atoms with Crippen LogP contribution >= 0.6 is 11.3 Å². The molecule has 0 saturated heterocycles. The molecule has 0 aliphatic heterocycles. The lowest BCUT2D eigenvalue weighted by Gasteiger charge is -2.33.